The first-order valence-corrected chi connectivity index (χ1v) is 5.11. The number of carbonyl (C=O) groups is 1. The molecule has 2 fully saturated rings. The van der Waals surface area contributed by atoms with Crippen molar-refractivity contribution in [2.24, 2.45) is 11.1 Å². The van der Waals surface area contributed by atoms with Gasteiger partial charge in [0.2, 0.25) is 5.91 Å². The van der Waals surface area contributed by atoms with Crippen LogP contribution in [0.4, 0.5) is 0 Å². The minimum absolute atomic E-state index is 0.0554. The fourth-order valence-electron chi connectivity index (χ4n) is 1.69. The molecular formula is C10H18N2O. The maximum absolute atomic E-state index is 11.5. The van der Waals surface area contributed by atoms with Crippen molar-refractivity contribution >= 4 is 5.91 Å². The van der Waals surface area contributed by atoms with Gasteiger partial charge in [0.05, 0.1) is 0 Å². The van der Waals surface area contributed by atoms with Crippen LogP contribution in [-0.4, -0.2) is 18.0 Å². The first-order chi connectivity index (χ1) is 6.04. The van der Waals surface area contributed by atoms with Gasteiger partial charge >= 0.3 is 0 Å². The van der Waals surface area contributed by atoms with Gasteiger partial charge in [-0.1, -0.05) is 6.92 Å². The van der Waals surface area contributed by atoms with Crippen LogP contribution in [0.15, 0.2) is 0 Å². The largest absolute Gasteiger partial charge is 0.354 e. The molecule has 2 aliphatic rings. The monoisotopic (exact) mass is 182 g/mol. The zero-order valence-corrected chi connectivity index (χ0v) is 8.23. The topological polar surface area (TPSA) is 55.1 Å². The molecule has 2 saturated carbocycles. The van der Waals surface area contributed by atoms with Crippen LogP contribution in [0.5, 0.6) is 0 Å². The van der Waals surface area contributed by atoms with E-state index in [2.05, 4.69) is 5.32 Å². The van der Waals surface area contributed by atoms with Gasteiger partial charge in [-0.15, -0.1) is 0 Å². The van der Waals surface area contributed by atoms with Crippen molar-refractivity contribution in [1.29, 1.82) is 0 Å². The molecule has 0 bridgehead atoms. The van der Waals surface area contributed by atoms with E-state index in [0.29, 0.717) is 6.54 Å². The minimum atomic E-state index is -0.0824. The van der Waals surface area contributed by atoms with E-state index in [4.69, 9.17) is 5.73 Å². The Bertz CT molecular complexity index is 229. The number of rotatable bonds is 3. The Morgan fingerprint density at radius 1 is 1.38 bits per heavy atom. The van der Waals surface area contributed by atoms with Crippen LogP contribution in [0.3, 0.4) is 0 Å². The molecule has 0 spiro atoms. The normalized spacial score (nSPS) is 27.5. The number of carbonyl (C=O) groups excluding carboxylic acids is 1. The molecule has 0 heterocycles. The molecule has 0 unspecified atom stereocenters. The van der Waals surface area contributed by atoms with Crippen molar-refractivity contribution in [2.45, 2.75) is 44.6 Å². The van der Waals surface area contributed by atoms with E-state index in [1.54, 1.807) is 0 Å². The van der Waals surface area contributed by atoms with Gasteiger partial charge in [0.25, 0.3) is 0 Å². The van der Waals surface area contributed by atoms with Crippen LogP contribution < -0.4 is 11.1 Å². The van der Waals surface area contributed by atoms with Crippen molar-refractivity contribution in [3.8, 4) is 0 Å². The van der Waals surface area contributed by atoms with E-state index < -0.39 is 0 Å². The molecule has 1 amide bonds. The maximum atomic E-state index is 11.5. The molecule has 0 aromatic carbocycles. The summed E-state index contributed by atoms with van der Waals surface area (Å²) in [5, 5.41) is 2.96. The van der Waals surface area contributed by atoms with Crippen LogP contribution in [0.1, 0.15) is 39.0 Å². The predicted molar refractivity (Wildman–Crippen MR) is 51.1 cm³/mol. The first kappa shape index (κ1) is 9.00. The molecule has 3 heteroatoms. The van der Waals surface area contributed by atoms with E-state index in [-0.39, 0.29) is 16.9 Å². The quantitative estimate of drug-likeness (QED) is 0.678. The third-order valence-electron chi connectivity index (χ3n) is 3.50. The zero-order valence-electron chi connectivity index (χ0n) is 8.23. The number of hydrogen-bond acceptors (Lipinski definition) is 2. The molecule has 0 aliphatic heterocycles. The van der Waals surface area contributed by atoms with Gasteiger partial charge in [-0.3, -0.25) is 4.79 Å². The molecule has 13 heavy (non-hydrogen) atoms. The second-order valence-corrected chi connectivity index (χ2v) is 4.96. The number of nitrogens with one attached hydrogen (secondary N) is 1. The molecule has 74 valence electrons. The Kier molecular flexibility index (Phi) is 1.88. The third kappa shape index (κ3) is 1.70. The Morgan fingerprint density at radius 2 is 2.00 bits per heavy atom. The van der Waals surface area contributed by atoms with Crippen molar-refractivity contribution in [3.63, 3.8) is 0 Å². The van der Waals surface area contributed by atoms with Crippen LogP contribution in [0.25, 0.3) is 0 Å². The van der Waals surface area contributed by atoms with Gasteiger partial charge in [-0.05, 0) is 32.1 Å². The summed E-state index contributed by atoms with van der Waals surface area (Å²) in [5.41, 5.74) is 5.86. The second kappa shape index (κ2) is 2.71. The second-order valence-electron chi connectivity index (χ2n) is 4.96. The lowest BCUT2D eigenvalue weighted by Gasteiger charge is -2.38. The lowest BCUT2D eigenvalue weighted by atomic mass is 9.77. The van der Waals surface area contributed by atoms with E-state index in [0.717, 1.165) is 25.7 Å². The zero-order chi connectivity index (χ0) is 9.53. The van der Waals surface area contributed by atoms with Crippen LogP contribution in [-0.2, 0) is 4.79 Å². The Labute approximate surface area is 79.1 Å². The smallest absolute Gasteiger partial charge is 0.226 e. The summed E-state index contributed by atoms with van der Waals surface area (Å²) in [5.74, 6) is 0.198. The summed E-state index contributed by atoms with van der Waals surface area (Å²) < 4.78 is 0. The Hall–Kier alpha value is -0.570. The van der Waals surface area contributed by atoms with Gasteiger partial charge in [0, 0.05) is 17.5 Å². The van der Waals surface area contributed by atoms with Gasteiger partial charge < -0.3 is 11.1 Å². The molecule has 0 aromatic heterocycles. The van der Waals surface area contributed by atoms with Crippen LogP contribution >= 0.6 is 0 Å². The van der Waals surface area contributed by atoms with Gasteiger partial charge in [0.1, 0.15) is 0 Å². The van der Waals surface area contributed by atoms with E-state index >= 15 is 0 Å². The lowest BCUT2D eigenvalue weighted by Crippen LogP contribution is -2.55. The standard InChI is InChI=1S/C10H18N2O/c1-9(5-6-9)8(13)12-7-10(11)3-2-4-10/h2-7,11H2,1H3,(H,12,13). The highest BCUT2D eigenvalue weighted by molar-refractivity contribution is 5.84. The van der Waals surface area contributed by atoms with Crippen molar-refractivity contribution < 1.29 is 4.79 Å². The van der Waals surface area contributed by atoms with E-state index in [1.165, 1.54) is 6.42 Å². The van der Waals surface area contributed by atoms with E-state index in [1.807, 2.05) is 6.92 Å². The summed E-state index contributed by atoms with van der Waals surface area (Å²) in [7, 11) is 0. The highest BCUT2D eigenvalue weighted by Gasteiger charge is 2.45. The summed E-state index contributed by atoms with van der Waals surface area (Å²) in [6.45, 7) is 2.69. The van der Waals surface area contributed by atoms with Crippen molar-refractivity contribution in [1.82, 2.24) is 5.32 Å². The molecule has 3 nitrogen and oxygen atoms in total. The predicted octanol–water partition coefficient (Wildman–Crippen LogP) is 0.784. The third-order valence-corrected chi connectivity index (χ3v) is 3.50. The van der Waals surface area contributed by atoms with E-state index in [9.17, 15) is 4.79 Å². The molecule has 0 saturated heterocycles. The number of nitrogens with two attached hydrogens (primary N) is 1. The van der Waals surface area contributed by atoms with Gasteiger partial charge in [-0.25, -0.2) is 0 Å². The Balaban J connectivity index is 1.76. The van der Waals surface area contributed by atoms with Crippen LogP contribution in [0.2, 0.25) is 0 Å². The molecule has 0 aromatic rings. The molecule has 0 atom stereocenters. The van der Waals surface area contributed by atoms with Crippen molar-refractivity contribution in [2.75, 3.05) is 6.54 Å². The lowest BCUT2D eigenvalue weighted by molar-refractivity contribution is -0.126. The van der Waals surface area contributed by atoms with Crippen LogP contribution in [0, 0.1) is 5.41 Å². The summed E-state index contributed by atoms with van der Waals surface area (Å²) in [6.07, 6.45) is 5.41. The highest BCUT2D eigenvalue weighted by Crippen LogP contribution is 2.45. The molecular weight excluding hydrogens is 164 g/mol. The van der Waals surface area contributed by atoms with Crippen molar-refractivity contribution in [3.05, 3.63) is 0 Å². The Morgan fingerprint density at radius 3 is 2.38 bits per heavy atom. The fraction of sp³-hybridized carbons (Fsp3) is 0.900. The number of amides is 1. The van der Waals surface area contributed by atoms with Gasteiger partial charge in [-0.2, -0.15) is 0 Å². The summed E-state index contributed by atoms with van der Waals surface area (Å²) in [6, 6.07) is 0. The number of hydrogen-bond donors (Lipinski definition) is 2. The molecule has 0 radical (unpaired) electrons. The fourth-order valence-corrected chi connectivity index (χ4v) is 1.69. The first-order valence-electron chi connectivity index (χ1n) is 5.11. The van der Waals surface area contributed by atoms with Gasteiger partial charge in [0.15, 0.2) is 0 Å². The summed E-state index contributed by atoms with van der Waals surface area (Å²) >= 11 is 0. The average molecular weight is 182 g/mol. The minimum Gasteiger partial charge on any atom is -0.354 e. The molecule has 2 aliphatic carbocycles. The molecule has 3 N–H and O–H groups in total. The summed E-state index contributed by atoms with van der Waals surface area (Å²) in [4.78, 5) is 11.5. The molecule has 2 rings (SSSR count). The highest BCUT2D eigenvalue weighted by atomic mass is 16.2. The maximum Gasteiger partial charge on any atom is 0.226 e. The SMILES string of the molecule is CC1(C(=O)NCC2(N)CCC2)CC1. The average Bonchev–Trinajstić information content (AvgIpc) is 2.77.